The third-order valence-electron chi connectivity index (χ3n) is 2.27. The average Bonchev–Trinajstić information content (AvgIpc) is 2.68. The van der Waals surface area contributed by atoms with Crippen molar-refractivity contribution in [2.24, 2.45) is 0 Å². The minimum atomic E-state index is -0.257. The van der Waals surface area contributed by atoms with Gasteiger partial charge in [-0.15, -0.1) is 0 Å². The lowest BCUT2D eigenvalue weighted by atomic mass is 10.2. The van der Waals surface area contributed by atoms with E-state index in [-0.39, 0.29) is 19.0 Å². The highest BCUT2D eigenvalue weighted by atomic mass is 16.7. The number of ether oxygens (including phenoxy) is 2. The van der Waals surface area contributed by atoms with Crippen molar-refractivity contribution in [2.45, 2.75) is 18.8 Å². The summed E-state index contributed by atoms with van der Waals surface area (Å²) in [4.78, 5) is 0. The van der Waals surface area contributed by atoms with Gasteiger partial charge < -0.3 is 14.6 Å². The molecule has 14 heavy (non-hydrogen) atoms. The van der Waals surface area contributed by atoms with Crippen molar-refractivity contribution in [1.29, 1.82) is 0 Å². The van der Waals surface area contributed by atoms with Gasteiger partial charge in [0.2, 0.25) is 0 Å². The molecule has 1 fully saturated rings. The molecular weight excluding hydrogens is 180 g/mol. The first kappa shape index (κ1) is 9.65. The second kappa shape index (κ2) is 4.55. The van der Waals surface area contributed by atoms with Crippen LogP contribution >= 0.6 is 0 Å². The van der Waals surface area contributed by atoms with Gasteiger partial charge >= 0.3 is 0 Å². The van der Waals surface area contributed by atoms with Gasteiger partial charge in [-0.25, -0.2) is 0 Å². The summed E-state index contributed by atoms with van der Waals surface area (Å²) in [6, 6.07) is 9.84. The molecule has 0 saturated carbocycles. The van der Waals surface area contributed by atoms with E-state index in [1.807, 2.05) is 30.3 Å². The van der Waals surface area contributed by atoms with Crippen LogP contribution in [0, 0.1) is 0 Å². The zero-order valence-corrected chi connectivity index (χ0v) is 7.93. The average molecular weight is 194 g/mol. The molecule has 2 rings (SSSR count). The second-order valence-corrected chi connectivity index (χ2v) is 3.35. The van der Waals surface area contributed by atoms with Crippen molar-refractivity contribution in [3.63, 3.8) is 0 Å². The Balaban J connectivity index is 1.96. The standard InChI is InChI=1S/C11H14O3/c12-7-6-10-8-13-11(14-10)9-4-2-1-3-5-9/h1-5,10-12H,6-8H2. The molecule has 2 unspecified atom stereocenters. The van der Waals surface area contributed by atoms with Gasteiger partial charge in [-0.1, -0.05) is 30.3 Å². The molecule has 1 heterocycles. The van der Waals surface area contributed by atoms with Gasteiger partial charge in [-0.05, 0) is 6.42 Å². The van der Waals surface area contributed by atoms with Crippen LogP contribution in [0.2, 0.25) is 0 Å². The summed E-state index contributed by atoms with van der Waals surface area (Å²) in [5, 5.41) is 8.75. The third-order valence-corrected chi connectivity index (χ3v) is 2.27. The number of aliphatic hydroxyl groups is 1. The van der Waals surface area contributed by atoms with Gasteiger partial charge in [-0.3, -0.25) is 0 Å². The lowest BCUT2D eigenvalue weighted by Gasteiger charge is -2.10. The summed E-state index contributed by atoms with van der Waals surface area (Å²) in [5.41, 5.74) is 1.04. The van der Waals surface area contributed by atoms with Gasteiger partial charge in [0.05, 0.1) is 12.7 Å². The molecule has 0 radical (unpaired) electrons. The smallest absolute Gasteiger partial charge is 0.184 e. The molecule has 0 amide bonds. The summed E-state index contributed by atoms with van der Waals surface area (Å²) in [6.45, 7) is 0.718. The fourth-order valence-electron chi connectivity index (χ4n) is 1.53. The first-order valence-corrected chi connectivity index (χ1v) is 4.83. The van der Waals surface area contributed by atoms with Crippen molar-refractivity contribution in [3.8, 4) is 0 Å². The molecule has 3 nitrogen and oxygen atoms in total. The van der Waals surface area contributed by atoms with E-state index in [2.05, 4.69) is 0 Å². The number of hydrogen-bond acceptors (Lipinski definition) is 3. The second-order valence-electron chi connectivity index (χ2n) is 3.35. The zero-order valence-electron chi connectivity index (χ0n) is 7.93. The monoisotopic (exact) mass is 194 g/mol. The van der Waals surface area contributed by atoms with Gasteiger partial charge in [0, 0.05) is 12.2 Å². The molecule has 3 heteroatoms. The van der Waals surface area contributed by atoms with E-state index >= 15 is 0 Å². The Bertz CT molecular complexity index is 273. The molecule has 1 aliphatic rings. The SMILES string of the molecule is OCCC1COC(c2ccccc2)O1. The summed E-state index contributed by atoms with van der Waals surface area (Å²) in [6.07, 6.45) is 0.418. The Morgan fingerprint density at radius 3 is 2.79 bits per heavy atom. The van der Waals surface area contributed by atoms with Crippen LogP contribution in [-0.2, 0) is 9.47 Å². The minimum Gasteiger partial charge on any atom is -0.396 e. The van der Waals surface area contributed by atoms with Crippen LogP contribution < -0.4 is 0 Å². The van der Waals surface area contributed by atoms with Crippen molar-refractivity contribution < 1.29 is 14.6 Å². The topological polar surface area (TPSA) is 38.7 Å². The van der Waals surface area contributed by atoms with E-state index in [1.165, 1.54) is 0 Å². The Morgan fingerprint density at radius 2 is 2.07 bits per heavy atom. The van der Waals surface area contributed by atoms with Gasteiger partial charge in [0.25, 0.3) is 0 Å². The molecule has 0 aromatic heterocycles. The van der Waals surface area contributed by atoms with E-state index < -0.39 is 0 Å². The van der Waals surface area contributed by atoms with Crippen LogP contribution in [0.25, 0.3) is 0 Å². The molecule has 0 spiro atoms. The summed E-state index contributed by atoms with van der Waals surface area (Å²) in [7, 11) is 0. The molecule has 76 valence electrons. The highest BCUT2D eigenvalue weighted by Gasteiger charge is 2.26. The molecule has 1 aromatic rings. The predicted molar refractivity (Wildman–Crippen MR) is 51.7 cm³/mol. The largest absolute Gasteiger partial charge is 0.396 e. The normalized spacial score (nSPS) is 26.6. The lowest BCUT2D eigenvalue weighted by molar-refractivity contribution is -0.0627. The van der Waals surface area contributed by atoms with Gasteiger partial charge in [-0.2, -0.15) is 0 Å². The first-order valence-electron chi connectivity index (χ1n) is 4.83. The highest BCUT2D eigenvalue weighted by Crippen LogP contribution is 2.27. The summed E-state index contributed by atoms with van der Waals surface area (Å²) >= 11 is 0. The lowest BCUT2D eigenvalue weighted by Crippen LogP contribution is -2.11. The van der Waals surface area contributed by atoms with Crippen LogP contribution in [-0.4, -0.2) is 24.4 Å². The van der Waals surface area contributed by atoms with Crippen LogP contribution in [0.4, 0.5) is 0 Å². The Morgan fingerprint density at radius 1 is 1.29 bits per heavy atom. The van der Waals surface area contributed by atoms with Crippen LogP contribution in [0.3, 0.4) is 0 Å². The molecule has 1 aromatic carbocycles. The quantitative estimate of drug-likeness (QED) is 0.792. The molecule has 0 bridgehead atoms. The van der Waals surface area contributed by atoms with Gasteiger partial charge in [0.15, 0.2) is 6.29 Å². The van der Waals surface area contributed by atoms with E-state index in [4.69, 9.17) is 14.6 Å². The molecular formula is C11H14O3. The molecule has 0 aliphatic carbocycles. The van der Waals surface area contributed by atoms with Gasteiger partial charge in [0.1, 0.15) is 0 Å². The number of aliphatic hydroxyl groups excluding tert-OH is 1. The van der Waals surface area contributed by atoms with Crippen molar-refractivity contribution >= 4 is 0 Å². The van der Waals surface area contributed by atoms with Crippen molar-refractivity contribution in [1.82, 2.24) is 0 Å². The fourth-order valence-corrected chi connectivity index (χ4v) is 1.53. The van der Waals surface area contributed by atoms with Crippen molar-refractivity contribution in [2.75, 3.05) is 13.2 Å². The maximum absolute atomic E-state index is 8.75. The van der Waals surface area contributed by atoms with E-state index in [0.717, 1.165) is 5.56 Å². The van der Waals surface area contributed by atoms with Crippen LogP contribution in [0.15, 0.2) is 30.3 Å². The highest BCUT2D eigenvalue weighted by molar-refractivity contribution is 5.16. The summed E-state index contributed by atoms with van der Waals surface area (Å²) < 4.78 is 11.1. The molecule has 2 atom stereocenters. The number of benzene rings is 1. The summed E-state index contributed by atoms with van der Waals surface area (Å²) in [5.74, 6) is 0. The van der Waals surface area contributed by atoms with E-state index in [0.29, 0.717) is 13.0 Å². The predicted octanol–water partition coefficient (Wildman–Crippen LogP) is 1.48. The number of hydrogen-bond donors (Lipinski definition) is 1. The van der Waals surface area contributed by atoms with E-state index in [9.17, 15) is 0 Å². The van der Waals surface area contributed by atoms with Crippen molar-refractivity contribution in [3.05, 3.63) is 35.9 Å². The fraction of sp³-hybridized carbons (Fsp3) is 0.455. The maximum Gasteiger partial charge on any atom is 0.184 e. The molecule has 1 N–H and O–H groups in total. The third kappa shape index (κ3) is 2.12. The maximum atomic E-state index is 8.75. The number of rotatable bonds is 3. The zero-order chi connectivity index (χ0) is 9.80. The molecule has 1 aliphatic heterocycles. The molecule has 1 saturated heterocycles. The van der Waals surface area contributed by atoms with E-state index in [1.54, 1.807) is 0 Å². The van der Waals surface area contributed by atoms with Crippen LogP contribution in [0.5, 0.6) is 0 Å². The minimum absolute atomic E-state index is 0.0326. The Hall–Kier alpha value is -0.900. The van der Waals surface area contributed by atoms with Crippen LogP contribution in [0.1, 0.15) is 18.3 Å². The Labute approximate surface area is 83.3 Å². The Kier molecular flexibility index (Phi) is 3.14. The first-order chi connectivity index (χ1) is 6.90.